The summed E-state index contributed by atoms with van der Waals surface area (Å²) in [5.41, 5.74) is 6.77. The van der Waals surface area contributed by atoms with Crippen LogP contribution in [0.5, 0.6) is 5.75 Å². The first-order valence-electron chi connectivity index (χ1n) is 13.1. The number of carboxylic acids is 1. The number of carbonyl (C=O) groups is 1. The molecule has 192 valence electrons. The molecular weight excluding hydrogens is 496 g/mol. The van der Waals surface area contributed by atoms with E-state index in [9.17, 15) is 9.90 Å². The van der Waals surface area contributed by atoms with Gasteiger partial charge in [-0.25, -0.2) is 4.98 Å². The van der Waals surface area contributed by atoms with Crippen LogP contribution >= 0.6 is 11.6 Å². The summed E-state index contributed by atoms with van der Waals surface area (Å²) in [6.45, 7) is 1.11. The Morgan fingerprint density at radius 1 is 1.05 bits per heavy atom. The van der Waals surface area contributed by atoms with Crippen LogP contribution in [0, 0.1) is 0 Å². The summed E-state index contributed by atoms with van der Waals surface area (Å²) in [7, 11) is 0. The van der Waals surface area contributed by atoms with E-state index in [1.807, 2.05) is 42.5 Å². The molecule has 0 radical (unpaired) electrons. The second-order valence-corrected chi connectivity index (χ2v) is 10.5. The number of ether oxygens (including phenoxy) is 1. The minimum Gasteiger partial charge on any atom is -0.487 e. The number of pyridine rings is 1. The highest BCUT2D eigenvalue weighted by Crippen LogP contribution is 2.42. The molecule has 0 aliphatic heterocycles. The summed E-state index contributed by atoms with van der Waals surface area (Å²) in [4.78, 5) is 16.1. The Kier molecular flexibility index (Phi) is 6.77. The average Bonchev–Trinajstić information content (AvgIpc) is 3.25. The fraction of sp³-hybridized carbons (Fsp3) is 0.250. The number of hydrogen-bond donors (Lipinski definition) is 1. The van der Waals surface area contributed by atoms with Crippen molar-refractivity contribution in [1.29, 1.82) is 0 Å². The second kappa shape index (κ2) is 10.5. The van der Waals surface area contributed by atoms with Gasteiger partial charge in [0, 0.05) is 45.9 Å². The van der Waals surface area contributed by atoms with Crippen molar-refractivity contribution >= 4 is 39.4 Å². The molecule has 2 heterocycles. The van der Waals surface area contributed by atoms with E-state index in [0.29, 0.717) is 19.6 Å². The van der Waals surface area contributed by atoms with Crippen LogP contribution in [-0.2, 0) is 24.4 Å². The Morgan fingerprint density at radius 2 is 1.89 bits per heavy atom. The summed E-state index contributed by atoms with van der Waals surface area (Å²) >= 11 is 6.14. The van der Waals surface area contributed by atoms with E-state index < -0.39 is 5.97 Å². The zero-order valence-corrected chi connectivity index (χ0v) is 21.8. The van der Waals surface area contributed by atoms with Crippen LogP contribution in [0.15, 0.2) is 78.9 Å². The lowest BCUT2D eigenvalue weighted by molar-refractivity contribution is -0.137. The van der Waals surface area contributed by atoms with E-state index >= 15 is 0 Å². The van der Waals surface area contributed by atoms with Crippen molar-refractivity contribution in [3.05, 3.63) is 106 Å². The zero-order valence-electron chi connectivity index (χ0n) is 21.1. The number of rotatable bonds is 8. The molecule has 6 heteroatoms. The van der Waals surface area contributed by atoms with Gasteiger partial charge in [-0.1, -0.05) is 48.0 Å². The van der Waals surface area contributed by atoms with Gasteiger partial charge in [0.25, 0.3) is 0 Å². The summed E-state index contributed by atoms with van der Waals surface area (Å²) in [6, 6.07) is 26.4. The number of nitrogens with zero attached hydrogens (tertiary/aromatic N) is 2. The number of aryl methyl sites for hydroxylation is 1. The molecule has 0 spiro atoms. The lowest BCUT2D eigenvalue weighted by Gasteiger charge is -2.25. The molecule has 38 heavy (non-hydrogen) atoms. The standard InChI is InChI=1S/C32H29ClN2O3/c33-24-12-8-21(9-13-24)19-35-30-16-15-26(38-20-25-14-10-22-4-1-2-7-29(22)34-25)18-28(30)27-6-3-5-23(32(27)35)11-17-31(36)37/h1-2,4,7-10,12-16,18,23H,3,5-6,11,17,19-20H2,(H,36,37). The quantitative estimate of drug-likeness (QED) is 0.225. The predicted molar refractivity (Wildman–Crippen MR) is 151 cm³/mol. The van der Waals surface area contributed by atoms with Crippen molar-refractivity contribution in [3.63, 3.8) is 0 Å². The number of fused-ring (bicyclic) bond motifs is 4. The highest BCUT2D eigenvalue weighted by molar-refractivity contribution is 6.30. The number of para-hydroxylation sites is 1. The zero-order chi connectivity index (χ0) is 26.1. The molecule has 3 aromatic carbocycles. The molecule has 0 saturated heterocycles. The predicted octanol–water partition coefficient (Wildman–Crippen LogP) is 7.75. The fourth-order valence-electron chi connectivity index (χ4n) is 5.77. The molecule has 1 atom stereocenters. The SMILES string of the molecule is O=C(O)CCC1CCCc2c1n(Cc1ccc(Cl)cc1)c1ccc(OCc3ccc4ccccc4n3)cc21. The van der Waals surface area contributed by atoms with Crippen LogP contribution in [0.1, 0.15) is 54.1 Å². The maximum absolute atomic E-state index is 11.4. The Morgan fingerprint density at radius 3 is 2.74 bits per heavy atom. The first kappa shape index (κ1) is 24.5. The van der Waals surface area contributed by atoms with E-state index in [1.165, 1.54) is 22.2 Å². The lowest BCUT2D eigenvalue weighted by atomic mass is 9.84. The van der Waals surface area contributed by atoms with Gasteiger partial charge in [-0.2, -0.15) is 0 Å². The molecular formula is C32H29ClN2O3. The molecule has 0 fully saturated rings. The van der Waals surface area contributed by atoms with Crippen molar-refractivity contribution in [2.24, 2.45) is 0 Å². The fourth-order valence-corrected chi connectivity index (χ4v) is 5.90. The number of aliphatic carboxylic acids is 1. The maximum atomic E-state index is 11.4. The number of hydrogen-bond acceptors (Lipinski definition) is 3. The van der Waals surface area contributed by atoms with E-state index in [0.717, 1.165) is 52.1 Å². The molecule has 1 aliphatic rings. The van der Waals surface area contributed by atoms with Crippen LogP contribution in [0.2, 0.25) is 5.02 Å². The van der Waals surface area contributed by atoms with Crippen LogP contribution in [0.25, 0.3) is 21.8 Å². The molecule has 0 amide bonds. The first-order chi connectivity index (χ1) is 18.5. The third-order valence-electron chi connectivity index (χ3n) is 7.55. The van der Waals surface area contributed by atoms with E-state index in [-0.39, 0.29) is 12.3 Å². The molecule has 0 bridgehead atoms. The highest BCUT2D eigenvalue weighted by Gasteiger charge is 2.28. The molecule has 1 unspecified atom stereocenters. The molecule has 5 aromatic rings. The summed E-state index contributed by atoms with van der Waals surface area (Å²) in [6.07, 6.45) is 3.88. The third kappa shape index (κ3) is 4.99. The monoisotopic (exact) mass is 524 g/mol. The summed E-state index contributed by atoms with van der Waals surface area (Å²) < 4.78 is 8.61. The molecule has 1 N–H and O–H groups in total. The smallest absolute Gasteiger partial charge is 0.303 e. The van der Waals surface area contributed by atoms with E-state index in [1.54, 1.807) is 0 Å². The lowest BCUT2D eigenvalue weighted by Crippen LogP contribution is -2.16. The van der Waals surface area contributed by atoms with Gasteiger partial charge in [0.05, 0.1) is 11.2 Å². The number of halogens is 1. The second-order valence-electron chi connectivity index (χ2n) is 10.1. The van der Waals surface area contributed by atoms with Crippen LogP contribution in [-0.4, -0.2) is 20.6 Å². The van der Waals surface area contributed by atoms with Crippen LogP contribution < -0.4 is 4.74 Å². The van der Waals surface area contributed by atoms with Crippen molar-refractivity contribution in [2.45, 2.75) is 51.2 Å². The number of carboxylic acid groups (broad SMARTS) is 1. The van der Waals surface area contributed by atoms with Gasteiger partial charge < -0.3 is 14.4 Å². The van der Waals surface area contributed by atoms with Gasteiger partial charge in [0.2, 0.25) is 0 Å². The first-order valence-corrected chi connectivity index (χ1v) is 13.5. The van der Waals surface area contributed by atoms with Crippen molar-refractivity contribution in [2.75, 3.05) is 0 Å². The van der Waals surface area contributed by atoms with Crippen molar-refractivity contribution in [1.82, 2.24) is 9.55 Å². The maximum Gasteiger partial charge on any atom is 0.303 e. The minimum absolute atomic E-state index is 0.180. The van der Waals surface area contributed by atoms with Crippen LogP contribution in [0.4, 0.5) is 0 Å². The third-order valence-corrected chi connectivity index (χ3v) is 7.81. The summed E-state index contributed by atoms with van der Waals surface area (Å²) in [5.74, 6) is 0.294. The van der Waals surface area contributed by atoms with Crippen molar-refractivity contribution in [3.8, 4) is 5.75 Å². The van der Waals surface area contributed by atoms with Crippen LogP contribution in [0.3, 0.4) is 0 Å². The minimum atomic E-state index is -0.740. The Balaban J connectivity index is 1.35. The molecule has 5 nitrogen and oxygen atoms in total. The van der Waals surface area contributed by atoms with Gasteiger partial charge in [-0.3, -0.25) is 4.79 Å². The Bertz CT molecular complexity index is 1620. The van der Waals surface area contributed by atoms with E-state index in [4.69, 9.17) is 21.3 Å². The number of benzene rings is 3. The average molecular weight is 525 g/mol. The van der Waals surface area contributed by atoms with E-state index in [2.05, 4.69) is 41.0 Å². The van der Waals surface area contributed by atoms with Crippen molar-refractivity contribution < 1.29 is 14.6 Å². The van der Waals surface area contributed by atoms with Gasteiger partial charge in [0.1, 0.15) is 12.4 Å². The molecule has 0 saturated carbocycles. The van der Waals surface area contributed by atoms with Gasteiger partial charge >= 0.3 is 5.97 Å². The Hall–Kier alpha value is -3.83. The summed E-state index contributed by atoms with van der Waals surface area (Å²) in [5, 5.41) is 12.4. The largest absolute Gasteiger partial charge is 0.487 e. The Labute approximate surface area is 226 Å². The molecule has 6 rings (SSSR count). The van der Waals surface area contributed by atoms with Gasteiger partial charge in [-0.05, 0) is 79.3 Å². The molecule has 2 aromatic heterocycles. The molecule has 1 aliphatic carbocycles. The normalized spacial score (nSPS) is 15.0. The number of aromatic nitrogens is 2. The van der Waals surface area contributed by atoms with Gasteiger partial charge in [0.15, 0.2) is 0 Å². The highest BCUT2D eigenvalue weighted by atomic mass is 35.5. The topological polar surface area (TPSA) is 64.3 Å². The van der Waals surface area contributed by atoms with Gasteiger partial charge in [-0.15, -0.1) is 0 Å².